The number of hydrogen-bond donors (Lipinski definition) is 0. The topological polar surface area (TPSA) is 17.8 Å². The van der Waals surface area contributed by atoms with Crippen molar-refractivity contribution in [3.8, 4) is 0 Å². The predicted molar refractivity (Wildman–Crippen MR) is 51.1 cm³/mol. The van der Waals surface area contributed by atoms with Gasteiger partial charge >= 0.3 is 0 Å². The van der Waals surface area contributed by atoms with Gasteiger partial charge in [0.2, 0.25) is 0 Å². The minimum atomic E-state index is 0.422. The minimum absolute atomic E-state index is 0.422. The van der Waals surface area contributed by atoms with Crippen LogP contribution in [0.2, 0.25) is 0 Å². The third-order valence-electron chi connectivity index (χ3n) is 2.09. The van der Waals surface area contributed by atoms with Crippen LogP contribution in [-0.4, -0.2) is 9.78 Å². The van der Waals surface area contributed by atoms with Crippen molar-refractivity contribution in [1.82, 2.24) is 9.78 Å². The first-order valence-electron chi connectivity index (χ1n) is 4.30. The number of aryl methyl sites for hydroxylation is 1. The van der Waals surface area contributed by atoms with Crippen molar-refractivity contribution < 1.29 is 0 Å². The largest absolute Gasteiger partial charge is 0.276 e. The smallest absolute Gasteiger partial charge is 0.0695 e. The summed E-state index contributed by atoms with van der Waals surface area (Å²) < 4.78 is 1.83. The summed E-state index contributed by atoms with van der Waals surface area (Å²) in [6, 6.07) is 2.06. The molecule has 0 aliphatic rings. The molecule has 0 amide bonds. The van der Waals surface area contributed by atoms with Crippen LogP contribution in [0.5, 0.6) is 0 Å². The third-order valence-corrected chi connectivity index (χ3v) is 2.09. The molecule has 1 aromatic heterocycles. The fourth-order valence-electron chi connectivity index (χ4n) is 1.43. The fourth-order valence-corrected chi connectivity index (χ4v) is 1.43. The van der Waals surface area contributed by atoms with Crippen LogP contribution >= 0.6 is 0 Å². The van der Waals surface area contributed by atoms with Gasteiger partial charge in [0.05, 0.1) is 5.69 Å². The molecule has 1 atom stereocenters. The number of aromatic nitrogens is 2. The Hall–Kier alpha value is -1.05. The Morgan fingerprint density at radius 1 is 1.75 bits per heavy atom. The lowest BCUT2D eigenvalue weighted by Gasteiger charge is -2.10. The van der Waals surface area contributed by atoms with Crippen LogP contribution in [0.1, 0.15) is 31.9 Å². The summed E-state index contributed by atoms with van der Waals surface area (Å²) in [5.74, 6) is 0.422. The van der Waals surface area contributed by atoms with Gasteiger partial charge in [0, 0.05) is 19.2 Å². The van der Waals surface area contributed by atoms with E-state index in [4.69, 9.17) is 0 Å². The molecule has 1 aromatic rings. The molecule has 0 N–H and O–H groups in total. The number of nitrogens with zero attached hydrogens (tertiary/aromatic N) is 2. The summed E-state index contributed by atoms with van der Waals surface area (Å²) in [6.45, 7) is 8.18. The Labute approximate surface area is 73.9 Å². The molecule has 0 radical (unpaired) electrons. The summed E-state index contributed by atoms with van der Waals surface area (Å²) in [6.07, 6.45) is 3.05. The lowest BCUT2D eigenvalue weighted by Crippen LogP contribution is -2.00. The molecule has 12 heavy (non-hydrogen) atoms. The molecular weight excluding hydrogens is 148 g/mol. The van der Waals surface area contributed by atoms with Crippen LogP contribution in [0.4, 0.5) is 0 Å². The van der Waals surface area contributed by atoms with E-state index in [2.05, 4.69) is 31.6 Å². The van der Waals surface area contributed by atoms with Gasteiger partial charge < -0.3 is 0 Å². The SMILES string of the molecule is C=C(C)C(CC)c1ccn(C)n1. The number of hydrogen-bond acceptors (Lipinski definition) is 1. The standard InChI is InChI=1S/C10H16N2/c1-5-9(8(2)3)10-6-7-12(4)11-10/h6-7,9H,2,5H2,1,3-4H3. The van der Waals surface area contributed by atoms with Crippen molar-refractivity contribution in [3.05, 3.63) is 30.1 Å². The quantitative estimate of drug-likeness (QED) is 0.627. The van der Waals surface area contributed by atoms with Crippen LogP contribution in [0.25, 0.3) is 0 Å². The highest BCUT2D eigenvalue weighted by molar-refractivity contribution is 5.18. The van der Waals surface area contributed by atoms with Gasteiger partial charge in [-0.25, -0.2) is 0 Å². The molecule has 0 aromatic carbocycles. The minimum Gasteiger partial charge on any atom is -0.276 e. The van der Waals surface area contributed by atoms with E-state index in [1.54, 1.807) is 0 Å². The normalized spacial score (nSPS) is 12.9. The molecule has 2 nitrogen and oxygen atoms in total. The van der Waals surface area contributed by atoms with E-state index in [0.29, 0.717) is 5.92 Å². The summed E-state index contributed by atoms with van der Waals surface area (Å²) in [4.78, 5) is 0. The van der Waals surface area contributed by atoms with Crippen molar-refractivity contribution in [3.63, 3.8) is 0 Å². The molecule has 0 spiro atoms. The van der Waals surface area contributed by atoms with Gasteiger partial charge in [-0.3, -0.25) is 4.68 Å². The second-order valence-electron chi connectivity index (χ2n) is 3.22. The van der Waals surface area contributed by atoms with Gasteiger partial charge in [-0.15, -0.1) is 0 Å². The van der Waals surface area contributed by atoms with E-state index in [9.17, 15) is 0 Å². The lowest BCUT2D eigenvalue weighted by molar-refractivity contribution is 0.683. The highest BCUT2D eigenvalue weighted by Crippen LogP contribution is 2.23. The molecule has 2 heteroatoms. The molecule has 0 bridgehead atoms. The number of rotatable bonds is 3. The van der Waals surface area contributed by atoms with Crippen LogP contribution in [0, 0.1) is 0 Å². The Morgan fingerprint density at radius 3 is 2.75 bits per heavy atom. The zero-order valence-corrected chi connectivity index (χ0v) is 8.04. The van der Waals surface area contributed by atoms with Crippen molar-refractivity contribution >= 4 is 0 Å². The van der Waals surface area contributed by atoms with E-state index in [1.807, 2.05) is 17.9 Å². The highest BCUT2D eigenvalue weighted by Gasteiger charge is 2.11. The lowest BCUT2D eigenvalue weighted by atomic mass is 9.96. The van der Waals surface area contributed by atoms with Gasteiger partial charge in [0.1, 0.15) is 0 Å². The molecule has 66 valence electrons. The van der Waals surface area contributed by atoms with Gasteiger partial charge in [-0.1, -0.05) is 19.1 Å². The fraction of sp³-hybridized carbons (Fsp3) is 0.500. The first-order chi connectivity index (χ1) is 5.65. The van der Waals surface area contributed by atoms with Crippen LogP contribution < -0.4 is 0 Å². The third kappa shape index (κ3) is 1.76. The Balaban J connectivity index is 2.87. The van der Waals surface area contributed by atoms with Crippen molar-refractivity contribution in [1.29, 1.82) is 0 Å². The van der Waals surface area contributed by atoms with E-state index >= 15 is 0 Å². The zero-order chi connectivity index (χ0) is 9.14. The van der Waals surface area contributed by atoms with Crippen molar-refractivity contribution in [2.75, 3.05) is 0 Å². The van der Waals surface area contributed by atoms with Gasteiger partial charge in [0.15, 0.2) is 0 Å². The van der Waals surface area contributed by atoms with Crippen LogP contribution in [0.15, 0.2) is 24.4 Å². The van der Waals surface area contributed by atoms with E-state index < -0.39 is 0 Å². The molecule has 0 fully saturated rings. The molecular formula is C10H16N2. The second kappa shape index (κ2) is 3.57. The molecule has 0 aliphatic carbocycles. The molecule has 0 saturated carbocycles. The first kappa shape index (κ1) is 9.04. The molecule has 1 rings (SSSR count). The monoisotopic (exact) mass is 164 g/mol. The first-order valence-corrected chi connectivity index (χ1v) is 4.30. The van der Waals surface area contributed by atoms with Gasteiger partial charge in [0.25, 0.3) is 0 Å². The Kier molecular flexibility index (Phi) is 2.69. The highest BCUT2D eigenvalue weighted by atomic mass is 15.2. The maximum Gasteiger partial charge on any atom is 0.0695 e. The molecule has 1 heterocycles. The summed E-state index contributed by atoms with van der Waals surface area (Å²) in [7, 11) is 1.94. The average molecular weight is 164 g/mol. The average Bonchev–Trinajstić information content (AvgIpc) is 2.37. The molecule has 0 aliphatic heterocycles. The van der Waals surface area contributed by atoms with Crippen molar-refractivity contribution in [2.45, 2.75) is 26.2 Å². The summed E-state index contributed by atoms with van der Waals surface area (Å²) in [5, 5.41) is 4.36. The summed E-state index contributed by atoms with van der Waals surface area (Å²) in [5.41, 5.74) is 2.32. The molecule has 0 saturated heterocycles. The predicted octanol–water partition coefficient (Wildman–Crippen LogP) is 2.49. The maximum atomic E-state index is 4.36. The Bertz CT molecular complexity index is 273. The molecule has 1 unspecified atom stereocenters. The van der Waals surface area contributed by atoms with Crippen LogP contribution in [-0.2, 0) is 7.05 Å². The van der Waals surface area contributed by atoms with E-state index in [-0.39, 0.29) is 0 Å². The van der Waals surface area contributed by atoms with Crippen LogP contribution in [0.3, 0.4) is 0 Å². The van der Waals surface area contributed by atoms with Gasteiger partial charge in [-0.2, -0.15) is 5.10 Å². The second-order valence-corrected chi connectivity index (χ2v) is 3.22. The Morgan fingerprint density at radius 2 is 2.42 bits per heavy atom. The summed E-state index contributed by atoms with van der Waals surface area (Å²) >= 11 is 0. The zero-order valence-electron chi connectivity index (χ0n) is 8.04. The van der Waals surface area contributed by atoms with E-state index in [1.165, 1.54) is 5.57 Å². The van der Waals surface area contributed by atoms with Crippen molar-refractivity contribution in [2.24, 2.45) is 7.05 Å². The van der Waals surface area contributed by atoms with Gasteiger partial charge in [-0.05, 0) is 19.4 Å². The number of allylic oxidation sites excluding steroid dienone is 1. The maximum absolute atomic E-state index is 4.36. The van der Waals surface area contributed by atoms with E-state index in [0.717, 1.165) is 12.1 Å².